The van der Waals surface area contributed by atoms with Crippen LogP contribution in [-0.4, -0.2) is 65.9 Å². The minimum Gasteiger partial charge on any atom is -0.341 e. The van der Waals surface area contributed by atoms with Crippen molar-refractivity contribution in [2.45, 2.75) is 38.8 Å². The number of benzene rings is 1. The lowest BCUT2D eigenvalue weighted by Gasteiger charge is -2.39. The molecular formula is C19H29N3O. The molecule has 0 radical (unpaired) electrons. The Morgan fingerprint density at radius 2 is 1.61 bits per heavy atom. The fourth-order valence-electron chi connectivity index (χ4n) is 3.69. The van der Waals surface area contributed by atoms with E-state index in [0.717, 1.165) is 45.8 Å². The van der Waals surface area contributed by atoms with Crippen LogP contribution in [0, 0.1) is 0 Å². The maximum Gasteiger partial charge on any atom is 0.239 e. The molecule has 1 aromatic carbocycles. The van der Waals surface area contributed by atoms with Gasteiger partial charge in [0, 0.05) is 45.8 Å². The van der Waals surface area contributed by atoms with Crippen molar-refractivity contribution in [2.75, 3.05) is 39.3 Å². The van der Waals surface area contributed by atoms with Gasteiger partial charge in [-0.05, 0) is 31.7 Å². The summed E-state index contributed by atoms with van der Waals surface area (Å²) in [6, 6.07) is 10.7. The Hall–Kier alpha value is -1.39. The highest BCUT2D eigenvalue weighted by atomic mass is 16.2. The van der Waals surface area contributed by atoms with Gasteiger partial charge in [-0.1, -0.05) is 30.3 Å². The molecule has 126 valence electrons. The second kappa shape index (κ2) is 7.93. The van der Waals surface area contributed by atoms with Gasteiger partial charge >= 0.3 is 0 Å². The highest BCUT2D eigenvalue weighted by Gasteiger charge is 2.29. The van der Waals surface area contributed by atoms with Crippen LogP contribution < -0.4 is 0 Å². The topological polar surface area (TPSA) is 26.8 Å². The van der Waals surface area contributed by atoms with E-state index >= 15 is 0 Å². The van der Waals surface area contributed by atoms with Gasteiger partial charge in [-0.3, -0.25) is 14.6 Å². The predicted octanol–water partition coefficient (Wildman–Crippen LogP) is 2.21. The second-order valence-electron chi connectivity index (χ2n) is 6.86. The first kappa shape index (κ1) is 16.5. The third-order valence-electron chi connectivity index (χ3n) is 5.23. The average Bonchev–Trinajstić information content (AvgIpc) is 2.63. The summed E-state index contributed by atoms with van der Waals surface area (Å²) in [6.45, 7) is 9.10. The SMILES string of the molecule is CC(C(=O)N1CCCCC1)N1CCN(Cc2ccccc2)CC1. The number of nitrogens with zero attached hydrogens (tertiary/aromatic N) is 3. The first-order valence-electron chi connectivity index (χ1n) is 9.03. The highest BCUT2D eigenvalue weighted by Crippen LogP contribution is 2.15. The summed E-state index contributed by atoms with van der Waals surface area (Å²) in [5.41, 5.74) is 1.37. The van der Waals surface area contributed by atoms with E-state index in [-0.39, 0.29) is 6.04 Å². The molecule has 0 bridgehead atoms. The lowest BCUT2D eigenvalue weighted by atomic mass is 10.1. The molecule has 1 aromatic rings. The van der Waals surface area contributed by atoms with E-state index in [1.807, 2.05) is 0 Å². The number of piperazine rings is 1. The van der Waals surface area contributed by atoms with Crippen LogP contribution in [0.2, 0.25) is 0 Å². The van der Waals surface area contributed by atoms with Gasteiger partial charge in [0.2, 0.25) is 5.91 Å². The maximum absolute atomic E-state index is 12.6. The molecule has 1 unspecified atom stereocenters. The predicted molar refractivity (Wildman–Crippen MR) is 93.2 cm³/mol. The zero-order valence-corrected chi connectivity index (χ0v) is 14.3. The molecule has 1 atom stereocenters. The first-order valence-corrected chi connectivity index (χ1v) is 9.03. The number of rotatable bonds is 4. The Bertz CT molecular complexity index is 491. The lowest BCUT2D eigenvalue weighted by molar-refractivity contribution is -0.138. The zero-order valence-electron chi connectivity index (χ0n) is 14.3. The van der Waals surface area contributed by atoms with Crippen LogP contribution in [0.15, 0.2) is 30.3 Å². The van der Waals surface area contributed by atoms with Gasteiger partial charge in [-0.2, -0.15) is 0 Å². The van der Waals surface area contributed by atoms with Gasteiger partial charge in [-0.15, -0.1) is 0 Å². The van der Waals surface area contributed by atoms with Gasteiger partial charge in [0.15, 0.2) is 0 Å². The summed E-state index contributed by atoms with van der Waals surface area (Å²) in [6.07, 6.45) is 3.61. The Balaban J connectivity index is 1.47. The highest BCUT2D eigenvalue weighted by molar-refractivity contribution is 5.81. The third kappa shape index (κ3) is 4.33. The Labute approximate surface area is 140 Å². The standard InChI is InChI=1S/C19H29N3O/c1-17(19(23)22-10-6-3-7-11-22)21-14-12-20(13-15-21)16-18-8-4-2-5-9-18/h2,4-5,8-9,17H,3,6-7,10-16H2,1H3. The van der Waals surface area contributed by atoms with E-state index in [1.54, 1.807) is 0 Å². The lowest BCUT2D eigenvalue weighted by Crippen LogP contribution is -2.54. The summed E-state index contributed by atoms with van der Waals surface area (Å²) in [5, 5.41) is 0. The van der Waals surface area contributed by atoms with Crippen molar-refractivity contribution in [3.05, 3.63) is 35.9 Å². The molecule has 2 aliphatic heterocycles. The Kier molecular flexibility index (Phi) is 5.68. The monoisotopic (exact) mass is 315 g/mol. The Morgan fingerprint density at radius 3 is 2.26 bits per heavy atom. The third-order valence-corrected chi connectivity index (χ3v) is 5.23. The second-order valence-corrected chi connectivity index (χ2v) is 6.86. The van der Waals surface area contributed by atoms with Crippen LogP contribution >= 0.6 is 0 Å². The molecule has 2 heterocycles. The minimum absolute atomic E-state index is 0.0342. The number of carbonyl (C=O) groups is 1. The molecule has 2 saturated heterocycles. The van der Waals surface area contributed by atoms with E-state index in [2.05, 4.69) is 52.0 Å². The number of likely N-dealkylation sites (tertiary alicyclic amines) is 1. The average molecular weight is 315 g/mol. The van der Waals surface area contributed by atoms with Crippen molar-refractivity contribution in [3.8, 4) is 0 Å². The van der Waals surface area contributed by atoms with Crippen LogP contribution in [0.1, 0.15) is 31.7 Å². The molecule has 2 aliphatic rings. The molecular weight excluding hydrogens is 286 g/mol. The van der Waals surface area contributed by atoms with Crippen molar-refractivity contribution >= 4 is 5.91 Å². The first-order chi connectivity index (χ1) is 11.2. The molecule has 4 nitrogen and oxygen atoms in total. The van der Waals surface area contributed by atoms with Crippen LogP contribution in [0.4, 0.5) is 0 Å². The number of hydrogen-bond acceptors (Lipinski definition) is 3. The van der Waals surface area contributed by atoms with Crippen molar-refractivity contribution in [1.82, 2.24) is 14.7 Å². The molecule has 0 aliphatic carbocycles. The van der Waals surface area contributed by atoms with E-state index in [9.17, 15) is 4.79 Å². The van der Waals surface area contributed by atoms with Crippen LogP contribution in [-0.2, 0) is 11.3 Å². The van der Waals surface area contributed by atoms with E-state index in [4.69, 9.17) is 0 Å². The van der Waals surface area contributed by atoms with E-state index < -0.39 is 0 Å². The smallest absolute Gasteiger partial charge is 0.239 e. The van der Waals surface area contributed by atoms with Crippen LogP contribution in [0.5, 0.6) is 0 Å². The molecule has 3 rings (SSSR count). The normalized spacial score (nSPS) is 22.0. The van der Waals surface area contributed by atoms with Crippen molar-refractivity contribution in [1.29, 1.82) is 0 Å². The quantitative estimate of drug-likeness (QED) is 0.852. The number of piperidine rings is 1. The summed E-state index contributed by atoms with van der Waals surface area (Å²) in [7, 11) is 0. The van der Waals surface area contributed by atoms with Gasteiger partial charge in [-0.25, -0.2) is 0 Å². The van der Waals surface area contributed by atoms with E-state index in [0.29, 0.717) is 5.91 Å². The van der Waals surface area contributed by atoms with Crippen molar-refractivity contribution < 1.29 is 4.79 Å². The molecule has 1 amide bonds. The fraction of sp³-hybridized carbons (Fsp3) is 0.632. The maximum atomic E-state index is 12.6. The van der Waals surface area contributed by atoms with Crippen molar-refractivity contribution in [3.63, 3.8) is 0 Å². The van der Waals surface area contributed by atoms with Gasteiger partial charge in [0.25, 0.3) is 0 Å². The summed E-state index contributed by atoms with van der Waals surface area (Å²) >= 11 is 0. The summed E-state index contributed by atoms with van der Waals surface area (Å²) < 4.78 is 0. The van der Waals surface area contributed by atoms with Crippen LogP contribution in [0.3, 0.4) is 0 Å². The number of carbonyl (C=O) groups excluding carboxylic acids is 1. The Morgan fingerprint density at radius 1 is 0.957 bits per heavy atom. The molecule has 0 saturated carbocycles. The number of amides is 1. The zero-order chi connectivity index (χ0) is 16.1. The summed E-state index contributed by atoms with van der Waals surface area (Å²) in [5.74, 6) is 0.334. The van der Waals surface area contributed by atoms with E-state index in [1.165, 1.54) is 24.8 Å². The van der Waals surface area contributed by atoms with Gasteiger partial charge < -0.3 is 4.90 Å². The molecule has 0 aromatic heterocycles. The van der Waals surface area contributed by atoms with Gasteiger partial charge in [0.1, 0.15) is 0 Å². The molecule has 4 heteroatoms. The molecule has 0 N–H and O–H groups in total. The number of hydrogen-bond donors (Lipinski definition) is 0. The summed E-state index contributed by atoms with van der Waals surface area (Å²) in [4.78, 5) is 19.6. The molecule has 0 spiro atoms. The largest absolute Gasteiger partial charge is 0.341 e. The minimum atomic E-state index is 0.0342. The van der Waals surface area contributed by atoms with Crippen LogP contribution in [0.25, 0.3) is 0 Å². The fourth-order valence-corrected chi connectivity index (χ4v) is 3.69. The van der Waals surface area contributed by atoms with Crippen molar-refractivity contribution in [2.24, 2.45) is 0 Å². The van der Waals surface area contributed by atoms with Gasteiger partial charge in [0.05, 0.1) is 6.04 Å². The molecule has 23 heavy (non-hydrogen) atoms. The molecule has 2 fully saturated rings.